The fourth-order valence-electron chi connectivity index (χ4n) is 1.41. The number of non-ortho nitro benzene ring substituents is 1. The lowest BCUT2D eigenvalue weighted by Gasteiger charge is -2.02. The summed E-state index contributed by atoms with van der Waals surface area (Å²) in [5, 5.41) is 11.3. The third-order valence-corrected chi connectivity index (χ3v) is 2.96. The van der Waals surface area contributed by atoms with Crippen LogP contribution in [-0.4, -0.2) is 9.91 Å². The fourth-order valence-corrected chi connectivity index (χ4v) is 1.73. The van der Waals surface area contributed by atoms with Crippen molar-refractivity contribution in [1.82, 2.24) is 4.98 Å². The van der Waals surface area contributed by atoms with Crippen LogP contribution in [0.15, 0.2) is 28.7 Å². The number of rotatable bonds is 1. The zero-order chi connectivity index (χ0) is 11.0. The molecule has 0 aliphatic heterocycles. The van der Waals surface area contributed by atoms with Crippen LogP contribution < -0.4 is 0 Å². The summed E-state index contributed by atoms with van der Waals surface area (Å²) in [7, 11) is 0. The third kappa shape index (κ3) is 1.70. The van der Waals surface area contributed by atoms with Crippen LogP contribution in [0.5, 0.6) is 0 Å². The third-order valence-electron chi connectivity index (χ3n) is 2.16. The van der Waals surface area contributed by atoms with Crippen LogP contribution in [0.1, 0.15) is 5.69 Å². The van der Waals surface area contributed by atoms with Crippen molar-refractivity contribution < 1.29 is 4.92 Å². The van der Waals surface area contributed by atoms with E-state index in [9.17, 15) is 10.1 Å². The van der Waals surface area contributed by atoms with Crippen molar-refractivity contribution in [2.75, 3.05) is 0 Å². The molecule has 0 bridgehead atoms. The molecule has 0 saturated heterocycles. The monoisotopic (exact) mass is 266 g/mol. The summed E-state index contributed by atoms with van der Waals surface area (Å²) in [4.78, 5) is 14.6. The molecule has 0 amide bonds. The van der Waals surface area contributed by atoms with E-state index in [1.807, 2.05) is 6.92 Å². The molecule has 15 heavy (non-hydrogen) atoms. The normalized spacial score (nSPS) is 10.5. The first-order chi connectivity index (χ1) is 7.09. The summed E-state index contributed by atoms with van der Waals surface area (Å²) in [6.07, 6.45) is 0. The van der Waals surface area contributed by atoms with E-state index in [0.29, 0.717) is 10.9 Å². The highest BCUT2D eigenvalue weighted by Gasteiger charge is 2.12. The van der Waals surface area contributed by atoms with Crippen LogP contribution in [0, 0.1) is 17.0 Å². The lowest BCUT2D eigenvalue weighted by Crippen LogP contribution is -1.92. The molecular formula is C10H7BrN2O2. The number of halogens is 1. The highest BCUT2D eigenvalue weighted by molar-refractivity contribution is 9.10. The van der Waals surface area contributed by atoms with Crippen molar-refractivity contribution in [1.29, 1.82) is 0 Å². The maximum Gasteiger partial charge on any atom is 0.278 e. The van der Waals surface area contributed by atoms with E-state index in [2.05, 4.69) is 20.9 Å². The van der Waals surface area contributed by atoms with E-state index in [0.717, 1.165) is 10.2 Å². The molecule has 1 heterocycles. The number of benzene rings is 1. The summed E-state index contributed by atoms with van der Waals surface area (Å²) in [6, 6.07) is 6.62. The van der Waals surface area contributed by atoms with Crippen LogP contribution in [-0.2, 0) is 0 Å². The van der Waals surface area contributed by atoms with Crippen LogP contribution >= 0.6 is 15.9 Å². The predicted octanol–water partition coefficient (Wildman–Crippen LogP) is 3.21. The summed E-state index contributed by atoms with van der Waals surface area (Å²) in [5.41, 5.74) is 1.55. The lowest BCUT2D eigenvalue weighted by atomic mass is 10.1. The molecule has 2 aromatic rings. The molecule has 0 fully saturated rings. The molecule has 0 saturated carbocycles. The van der Waals surface area contributed by atoms with Gasteiger partial charge in [-0.15, -0.1) is 0 Å². The van der Waals surface area contributed by atoms with E-state index in [4.69, 9.17) is 0 Å². The van der Waals surface area contributed by atoms with E-state index in [1.54, 1.807) is 18.2 Å². The van der Waals surface area contributed by atoms with Crippen molar-refractivity contribution in [3.8, 4) is 0 Å². The van der Waals surface area contributed by atoms with Crippen LogP contribution in [0.3, 0.4) is 0 Å². The van der Waals surface area contributed by atoms with E-state index < -0.39 is 4.92 Å². The number of hydrogen-bond acceptors (Lipinski definition) is 3. The van der Waals surface area contributed by atoms with Crippen molar-refractivity contribution in [2.45, 2.75) is 6.92 Å². The van der Waals surface area contributed by atoms with Gasteiger partial charge in [0.05, 0.1) is 21.5 Å². The van der Waals surface area contributed by atoms with Gasteiger partial charge in [0, 0.05) is 10.5 Å². The summed E-state index contributed by atoms with van der Waals surface area (Å²) < 4.78 is 0.782. The zero-order valence-electron chi connectivity index (χ0n) is 7.90. The Morgan fingerprint density at radius 2 is 2.20 bits per heavy atom. The smallest absolute Gasteiger partial charge is 0.258 e. The minimum Gasteiger partial charge on any atom is -0.258 e. The highest BCUT2D eigenvalue weighted by atomic mass is 79.9. The minimum absolute atomic E-state index is 0.0840. The van der Waals surface area contributed by atoms with Crippen molar-refractivity contribution in [2.24, 2.45) is 0 Å². The Morgan fingerprint density at radius 1 is 1.47 bits per heavy atom. The largest absolute Gasteiger partial charge is 0.278 e. The SMILES string of the molecule is Cc1nc2cccc([N+](=O)[O-])c2cc1Br. The highest BCUT2D eigenvalue weighted by Crippen LogP contribution is 2.28. The van der Waals surface area contributed by atoms with E-state index >= 15 is 0 Å². The lowest BCUT2D eigenvalue weighted by molar-refractivity contribution is -0.383. The fraction of sp³-hybridized carbons (Fsp3) is 0.100. The van der Waals surface area contributed by atoms with Gasteiger partial charge in [-0.05, 0) is 35.0 Å². The van der Waals surface area contributed by atoms with E-state index in [-0.39, 0.29) is 5.69 Å². The number of fused-ring (bicyclic) bond motifs is 1. The second kappa shape index (κ2) is 3.58. The molecule has 0 radical (unpaired) electrons. The Balaban J connectivity index is 2.86. The quantitative estimate of drug-likeness (QED) is 0.588. The molecule has 0 atom stereocenters. The Labute approximate surface area is 94.2 Å². The van der Waals surface area contributed by atoms with Gasteiger partial charge in [0.1, 0.15) is 0 Å². The van der Waals surface area contributed by atoms with Crippen molar-refractivity contribution >= 4 is 32.5 Å². The van der Waals surface area contributed by atoms with Gasteiger partial charge >= 0.3 is 0 Å². The zero-order valence-corrected chi connectivity index (χ0v) is 9.48. The standard InChI is InChI=1S/C10H7BrN2O2/c1-6-8(11)5-7-9(12-6)3-2-4-10(7)13(14)15/h2-5H,1H3. The maximum atomic E-state index is 10.8. The van der Waals surface area contributed by atoms with Crippen LogP contribution in [0.25, 0.3) is 10.9 Å². The maximum absolute atomic E-state index is 10.8. The second-order valence-corrected chi connectivity index (χ2v) is 4.01. The number of hydrogen-bond donors (Lipinski definition) is 0. The number of nitrogens with zero attached hydrogens (tertiary/aromatic N) is 2. The van der Waals surface area contributed by atoms with Gasteiger partial charge in [-0.2, -0.15) is 0 Å². The Hall–Kier alpha value is -1.49. The van der Waals surface area contributed by atoms with Gasteiger partial charge in [-0.1, -0.05) is 6.07 Å². The number of nitro benzene ring substituents is 1. The van der Waals surface area contributed by atoms with E-state index in [1.165, 1.54) is 6.07 Å². The molecule has 0 N–H and O–H groups in total. The molecule has 0 unspecified atom stereocenters. The molecule has 76 valence electrons. The first kappa shape index (κ1) is 10.0. The van der Waals surface area contributed by atoms with Crippen molar-refractivity contribution in [3.63, 3.8) is 0 Å². The summed E-state index contributed by atoms with van der Waals surface area (Å²) >= 11 is 3.31. The van der Waals surface area contributed by atoms with Gasteiger partial charge < -0.3 is 0 Å². The van der Waals surface area contributed by atoms with Gasteiger partial charge in [-0.3, -0.25) is 15.1 Å². The molecule has 5 heteroatoms. The van der Waals surface area contributed by atoms with Crippen molar-refractivity contribution in [3.05, 3.63) is 44.5 Å². The Morgan fingerprint density at radius 3 is 2.87 bits per heavy atom. The molecule has 2 rings (SSSR count). The molecule has 0 spiro atoms. The van der Waals surface area contributed by atoms with Gasteiger partial charge in [0.15, 0.2) is 0 Å². The molecular weight excluding hydrogens is 260 g/mol. The number of aromatic nitrogens is 1. The topological polar surface area (TPSA) is 56.0 Å². The first-order valence-electron chi connectivity index (χ1n) is 4.30. The van der Waals surface area contributed by atoms with Crippen LogP contribution in [0.2, 0.25) is 0 Å². The number of aryl methyl sites for hydroxylation is 1. The molecule has 1 aromatic heterocycles. The number of nitro groups is 1. The average Bonchev–Trinajstić information content (AvgIpc) is 2.18. The summed E-state index contributed by atoms with van der Waals surface area (Å²) in [5.74, 6) is 0. The Kier molecular flexibility index (Phi) is 2.40. The summed E-state index contributed by atoms with van der Waals surface area (Å²) in [6.45, 7) is 1.85. The first-order valence-corrected chi connectivity index (χ1v) is 5.09. The average molecular weight is 267 g/mol. The van der Waals surface area contributed by atoms with Crippen LogP contribution in [0.4, 0.5) is 5.69 Å². The number of pyridine rings is 1. The molecule has 1 aromatic carbocycles. The van der Waals surface area contributed by atoms with Gasteiger partial charge in [0.25, 0.3) is 5.69 Å². The second-order valence-electron chi connectivity index (χ2n) is 3.16. The molecule has 4 nitrogen and oxygen atoms in total. The Bertz CT molecular complexity index is 554. The molecule has 0 aliphatic carbocycles. The van der Waals surface area contributed by atoms with Gasteiger partial charge in [-0.25, -0.2) is 0 Å². The minimum atomic E-state index is -0.397. The predicted molar refractivity (Wildman–Crippen MR) is 60.8 cm³/mol. The van der Waals surface area contributed by atoms with Gasteiger partial charge in [0.2, 0.25) is 0 Å². The molecule has 0 aliphatic rings.